The molecule has 3 aromatic rings. The summed E-state index contributed by atoms with van der Waals surface area (Å²) in [5.41, 5.74) is 2.37. The third kappa shape index (κ3) is 4.04. The van der Waals surface area contributed by atoms with Crippen LogP contribution < -0.4 is 0 Å². The van der Waals surface area contributed by atoms with Gasteiger partial charge in [-0.1, -0.05) is 24.3 Å². The molecule has 0 radical (unpaired) electrons. The average Bonchev–Trinajstić information content (AvgIpc) is 3.03. The Kier molecular flexibility index (Phi) is 5.28. The Bertz CT molecular complexity index is 1150. The summed E-state index contributed by atoms with van der Waals surface area (Å²) in [4.78, 5) is 48.5. The molecule has 0 saturated carbocycles. The molecule has 0 fully saturated rings. The van der Waals surface area contributed by atoms with Crippen LogP contribution in [0, 0.1) is 10.1 Å². The number of nitro benzene ring substituents is 1. The highest BCUT2D eigenvalue weighted by molar-refractivity contribution is 6.21. The van der Waals surface area contributed by atoms with Crippen molar-refractivity contribution in [2.75, 3.05) is 0 Å². The molecule has 8 heteroatoms. The maximum atomic E-state index is 12.5. The fraction of sp³-hybridized carbons (Fsp3) is 0.0870. The molecule has 154 valence electrons. The molecule has 0 aliphatic carbocycles. The number of ether oxygens (including phenoxy) is 1. The second-order valence-corrected chi connectivity index (χ2v) is 6.94. The summed E-state index contributed by atoms with van der Waals surface area (Å²) in [5, 5.41) is 10.7. The van der Waals surface area contributed by atoms with E-state index in [4.69, 9.17) is 4.74 Å². The van der Waals surface area contributed by atoms with Gasteiger partial charge < -0.3 is 4.74 Å². The molecule has 1 heterocycles. The number of fused-ring (bicyclic) bond motifs is 1. The minimum atomic E-state index is -0.550. The van der Waals surface area contributed by atoms with Gasteiger partial charge >= 0.3 is 5.97 Å². The van der Waals surface area contributed by atoms with E-state index in [1.807, 2.05) is 0 Å². The fourth-order valence-electron chi connectivity index (χ4n) is 3.26. The first-order valence-corrected chi connectivity index (χ1v) is 9.38. The van der Waals surface area contributed by atoms with E-state index in [1.54, 1.807) is 48.5 Å². The van der Waals surface area contributed by atoms with E-state index in [-0.39, 0.29) is 30.7 Å². The number of rotatable bonds is 6. The van der Waals surface area contributed by atoms with Crippen LogP contribution in [0.2, 0.25) is 0 Å². The first-order chi connectivity index (χ1) is 14.9. The number of esters is 1. The topological polar surface area (TPSA) is 107 Å². The van der Waals surface area contributed by atoms with Gasteiger partial charge in [-0.05, 0) is 47.5 Å². The molecule has 0 aromatic heterocycles. The number of amides is 2. The highest BCUT2D eigenvalue weighted by atomic mass is 16.6. The van der Waals surface area contributed by atoms with Crippen molar-refractivity contribution < 1.29 is 24.0 Å². The number of imide groups is 1. The van der Waals surface area contributed by atoms with Gasteiger partial charge in [-0.3, -0.25) is 24.6 Å². The number of hydrogen-bond acceptors (Lipinski definition) is 6. The molecule has 8 nitrogen and oxygen atoms in total. The van der Waals surface area contributed by atoms with Gasteiger partial charge in [0, 0.05) is 12.1 Å². The number of carbonyl (C=O) groups is 3. The average molecular weight is 416 g/mol. The summed E-state index contributed by atoms with van der Waals surface area (Å²) in [6.07, 6.45) is 0. The molecular formula is C23H16N2O6. The Morgan fingerprint density at radius 1 is 0.839 bits per heavy atom. The molecule has 0 saturated heterocycles. The van der Waals surface area contributed by atoms with Crippen molar-refractivity contribution in [1.29, 1.82) is 0 Å². The molecule has 4 rings (SSSR count). The number of nitro groups is 1. The lowest BCUT2D eigenvalue weighted by atomic mass is 10.1. The summed E-state index contributed by atoms with van der Waals surface area (Å²) >= 11 is 0. The molecule has 3 aromatic carbocycles. The smallest absolute Gasteiger partial charge is 0.338 e. The normalized spacial score (nSPS) is 12.6. The zero-order valence-corrected chi connectivity index (χ0v) is 16.2. The van der Waals surface area contributed by atoms with Crippen molar-refractivity contribution >= 4 is 23.5 Å². The van der Waals surface area contributed by atoms with Crippen LogP contribution in [-0.4, -0.2) is 27.6 Å². The van der Waals surface area contributed by atoms with Gasteiger partial charge in [0.15, 0.2) is 0 Å². The predicted octanol–water partition coefficient (Wildman–Crippen LogP) is 3.75. The molecular weight excluding hydrogens is 400 g/mol. The maximum absolute atomic E-state index is 12.5. The van der Waals surface area contributed by atoms with Crippen molar-refractivity contribution in [2.24, 2.45) is 0 Å². The number of carbonyl (C=O) groups excluding carboxylic acids is 3. The standard InChI is InChI=1S/C23H16N2O6/c26-21-19-3-1-2-4-20(19)22(27)24(21)13-15-5-9-17(10-6-15)23(28)31-14-16-7-11-18(12-8-16)25(29)30/h1-12H,13-14H2. The SMILES string of the molecule is O=C(OCc1ccc([N+](=O)[O-])cc1)c1ccc(CN2C(=O)c3ccccc3C2=O)cc1. The highest BCUT2D eigenvalue weighted by Gasteiger charge is 2.34. The Morgan fingerprint density at radius 3 is 1.94 bits per heavy atom. The molecule has 0 spiro atoms. The summed E-state index contributed by atoms with van der Waals surface area (Å²) in [6.45, 7) is 0.0814. The summed E-state index contributed by atoms with van der Waals surface area (Å²) in [6, 6.07) is 18.9. The Hall–Kier alpha value is -4.33. The van der Waals surface area contributed by atoms with Crippen LogP contribution in [0.3, 0.4) is 0 Å². The molecule has 2 amide bonds. The van der Waals surface area contributed by atoms with Gasteiger partial charge in [-0.15, -0.1) is 0 Å². The van der Waals surface area contributed by atoms with Crippen molar-refractivity contribution in [3.05, 3.63) is 111 Å². The second kappa shape index (κ2) is 8.19. The van der Waals surface area contributed by atoms with Crippen molar-refractivity contribution in [3.8, 4) is 0 Å². The van der Waals surface area contributed by atoms with E-state index in [1.165, 1.54) is 29.2 Å². The Morgan fingerprint density at radius 2 is 1.39 bits per heavy atom. The van der Waals surface area contributed by atoms with Gasteiger partial charge in [-0.2, -0.15) is 0 Å². The van der Waals surface area contributed by atoms with Crippen LogP contribution in [0.1, 0.15) is 42.2 Å². The lowest BCUT2D eigenvalue weighted by Crippen LogP contribution is -2.29. The van der Waals surface area contributed by atoms with E-state index in [0.29, 0.717) is 27.8 Å². The first-order valence-electron chi connectivity index (χ1n) is 9.38. The minimum absolute atomic E-state index is 0.0202. The van der Waals surface area contributed by atoms with Crippen molar-refractivity contribution in [1.82, 2.24) is 4.90 Å². The monoisotopic (exact) mass is 416 g/mol. The molecule has 0 bridgehead atoms. The van der Waals surface area contributed by atoms with Gasteiger partial charge in [0.05, 0.1) is 28.2 Å². The maximum Gasteiger partial charge on any atom is 0.338 e. The number of hydrogen-bond donors (Lipinski definition) is 0. The van der Waals surface area contributed by atoms with Crippen LogP contribution in [0.5, 0.6) is 0 Å². The number of benzene rings is 3. The van der Waals surface area contributed by atoms with Gasteiger partial charge in [-0.25, -0.2) is 4.79 Å². The quantitative estimate of drug-likeness (QED) is 0.262. The number of non-ortho nitro benzene ring substituents is 1. The van der Waals surface area contributed by atoms with Crippen LogP contribution in [0.15, 0.2) is 72.8 Å². The predicted molar refractivity (Wildman–Crippen MR) is 109 cm³/mol. The summed E-state index contributed by atoms with van der Waals surface area (Å²) in [5.74, 6) is -1.23. The van der Waals surface area contributed by atoms with E-state index in [0.717, 1.165) is 0 Å². The lowest BCUT2D eigenvalue weighted by Gasteiger charge is -2.14. The van der Waals surface area contributed by atoms with Crippen molar-refractivity contribution in [3.63, 3.8) is 0 Å². The molecule has 0 atom stereocenters. The van der Waals surface area contributed by atoms with E-state index < -0.39 is 10.9 Å². The summed E-state index contributed by atoms with van der Waals surface area (Å²) < 4.78 is 5.24. The molecule has 1 aliphatic heterocycles. The van der Waals surface area contributed by atoms with Crippen molar-refractivity contribution in [2.45, 2.75) is 13.2 Å². The van der Waals surface area contributed by atoms with E-state index in [2.05, 4.69) is 0 Å². The Balaban J connectivity index is 1.37. The van der Waals surface area contributed by atoms with E-state index >= 15 is 0 Å². The fourth-order valence-corrected chi connectivity index (χ4v) is 3.26. The molecule has 0 unspecified atom stereocenters. The zero-order valence-electron chi connectivity index (χ0n) is 16.2. The number of nitrogens with zero attached hydrogens (tertiary/aromatic N) is 2. The lowest BCUT2D eigenvalue weighted by molar-refractivity contribution is -0.384. The van der Waals surface area contributed by atoms with Crippen LogP contribution >= 0.6 is 0 Å². The van der Waals surface area contributed by atoms with Gasteiger partial charge in [0.2, 0.25) is 0 Å². The van der Waals surface area contributed by atoms with Crippen LogP contribution in [-0.2, 0) is 17.9 Å². The van der Waals surface area contributed by atoms with Crippen LogP contribution in [0.25, 0.3) is 0 Å². The molecule has 0 N–H and O–H groups in total. The molecule has 31 heavy (non-hydrogen) atoms. The van der Waals surface area contributed by atoms with E-state index in [9.17, 15) is 24.5 Å². The van der Waals surface area contributed by atoms with Crippen LogP contribution in [0.4, 0.5) is 5.69 Å². The highest BCUT2D eigenvalue weighted by Crippen LogP contribution is 2.24. The van der Waals surface area contributed by atoms with Gasteiger partial charge in [0.25, 0.3) is 17.5 Å². The zero-order chi connectivity index (χ0) is 22.0. The first kappa shape index (κ1) is 20.0. The summed E-state index contributed by atoms with van der Waals surface area (Å²) in [7, 11) is 0. The minimum Gasteiger partial charge on any atom is -0.457 e. The Labute approximate surface area is 176 Å². The molecule has 1 aliphatic rings. The third-order valence-electron chi connectivity index (χ3n) is 4.93. The second-order valence-electron chi connectivity index (χ2n) is 6.94. The van der Waals surface area contributed by atoms with Gasteiger partial charge in [0.1, 0.15) is 6.61 Å². The largest absolute Gasteiger partial charge is 0.457 e. The third-order valence-corrected chi connectivity index (χ3v) is 4.93.